The molecule has 0 amide bonds. The monoisotopic (exact) mass is 528 g/mol. The molecule has 2 aromatic heterocycles. The molecule has 204 valence electrons. The van der Waals surface area contributed by atoms with Crippen molar-refractivity contribution in [1.82, 2.24) is 24.8 Å². The normalized spacial score (nSPS) is 18.6. The van der Waals surface area contributed by atoms with Crippen LogP contribution in [0.2, 0.25) is 0 Å². The number of halogens is 2. The molecule has 1 aromatic carbocycles. The van der Waals surface area contributed by atoms with E-state index in [1.807, 2.05) is 0 Å². The van der Waals surface area contributed by atoms with E-state index in [1.165, 1.54) is 20.3 Å². The highest BCUT2D eigenvalue weighted by molar-refractivity contribution is 5.92. The second-order valence-electron chi connectivity index (χ2n) is 9.47. The highest BCUT2D eigenvalue weighted by atomic mass is 19.1. The van der Waals surface area contributed by atoms with Gasteiger partial charge in [0.25, 0.3) is 0 Å². The van der Waals surface area contributed by atoms with Crippen LogP contribution < -0.4 is 14.8 Å². The minimum absolute atomic E-state index is 0.000708. The number of nitrogens with one attached hydrogen (secondary N) is 1. The maximum absolute atomic E-state index is 15.3. The summed E-state index contributed by atoms with van der Waals surface area (Å²) in [5.41, 5.74) is 0.252. The molecule has 38 heavy (non-hydrogen) atoms. The summed E-state index contributed by atoms with van der Waals surface area (Å²) in [6.07, 6.45) is 2.41. The van der Waals surface area contributed by atoms with Gasteiger partial charge in [0, 0.05) is 69.4 Å². The molecule has 3 aromatic rings. The van der Waals surface area contributed by atoms with Crippen molar-refractivity contribution < 1.29 is 23.0 Å². The number of hydrogen-bond acceptors (Lipinski definition) is 9. The molecule has 1 N–H and O–H groups in total. The third kappa shape index (κ3) is 5.57. The molecule has 0 saturated carbocycles. The first-order valence-corrected chi connectivity index (χ1v) is 12.7. The lowest BCUT2D eigenvalue weighted by atomic mass is 10.1. The van der Waals surface area contributed by atoms with Gasteiger partial charge in [-0.05, 0) is 31.1 Å². The first-order valence-electron chi connectivity index (χ1n) is 12.7. The van der Waals surface area contributed by atoms with Crippen LogP contribution >= 0.6 is 0 Å². The summed E-state index contributed by atoms with van der Waals surface area (Å²) >= 11 is 0. The fourth-order valence-electron chi connectivity index (χ4n) is 4.65. The number of hydrogen-bond donors (Lipinski definition) is 1. The van der Waals surface area contributed by atoms with E-state index in [0.717, 1.165) is 39.1 Å². The Kier molecular flexibility index (Phi) is 8.01. The van der Waals surface area contributed by atoms with E-state index in [2.05, 4.69) is 42.4 Å². The van der Waals surface area contributed by atoms with E-state index < -0.39 is 11.6 Å². The lowest BCUT2D eigenvalue weighted by Crippen LogP contribution is -2.45. The van der Waals surface area contributed by atoms with Crippen LogP contribution in [0.3, 0.4) is 0 Å². The molecule has 0 aliphatic carbocycles. The Morgan fingerprint density at radius 3 is 2.47 bits per heavy atom. The molecule has 4 heterocycles. The number of nitrogens with zero attached hydrogens (tertiary/aromatic N) is 6. The second-order valence-corrected chi connectivity index (χ2v) is 9.47. The Labute approximate surface area is 220 Å². The number of aromatic nitrogens is 3. The van der Waals surface area contributed by atoms with Gasteiger partial charge in [-0.2, -0.15) is 0 Å². The van der Waals surface area contributed by atoms with Crippen molar-refractivity contribution in [3.63, 3.8) is 0 Å². The smallest absolute Gasteiger partial charge is 0.177 e. The van der Waals surface area contributed by atoms with Crippen LogP contribution in [0.4, 0.5) is 20.5 Å². The lowest BCUT2D eigenvalue weighted by Gasteiger charge is -2.32. The van der Waals surface area contributed by atoms with E-state index >= 15 is 8.78 Å². The van der Waals surface area contributed by atoms with Crippen LogP contribution in [-0.4, -0.2) is 105 Å². The Balaban J connectivity index is 1.51. The van der Waals surface area contributed by atoms with Gasteiger partial charge >= 0.3 is 0 Å². The predicted molar refractivity (Wildman–Crippen MR) is 140 cm³/mol. The van der Waals surface area contributed by atoms with Gasteiger partial charge in [0.2, 0.25) is 0 Å². The number of benzene rings is 1. The Hall–Kier alpha value is -3.35. The summed E-state index contributed by atoms with van der Waals surface area (Å²) < 4.78 is 46.3. The molecule has 2 fully saturated rings. The minimum atomic E-state index is -0.866. The Morgan fingerprint density at radius 2 is 1.82 bits per heavy atom. The van der Waals surface area contributed by atoms with Gasteiger partial charge in [-0.15, -0.1) is 0 Å². The number of methoxy groups -OCH3 is 2. The molecular weight excluding hydrogens is 496 g/mol. The van der Waals surface area contributed by atoms with Crippen LogP contribution in [0.5, 0.6) is 11.5 Å². The molecule has 2 saturated heterocycles. The van der Waals surface area contributed by atoms with Crippen LogP contribution in [0, 0.1) is 11.6 Å². The van der Waals surface area contributed by atoms with Gasteiger partial charge in [0.05, 0.1) is 32.1 Å². The van der Waals surface area contributed by atoms with E-state index in [0.29, 0.717) is 42.4 Å². The first-order chi connectivity index (χ1) is 18.5. The fraction of sp³-hybridized carbons (Fsp3) is 0.500. The van der Waals surface area contributed by atoms with Gasteiger partial charge in [0.15, 0.2) is 23.1 Å². The van der Waals surface area contributed by atoms with Gasteiger partial charge in [-0.3, -0.25) is 4.90 Å². The van der Waals surface area contributed by atoms with Crippen molar-refractivity contribution in [2.45, 2.75) is 12.5 Å². The maximum Gasteiger partial charge on any atom is 0.177 e. The summed E-state index contributed by atoms with van der Waals surface area (Å²) in [5, 5.41) is 8.51. The topological polar surface area (TPSA) is 99.0 Å². The molecule has 0 radical (unpaired) electrons. The zero-order chi connectivity index (χ0) is 26.6. The lowest BCUT2D eigenvalue weighted by molar-refractivity contribution is 0.158. The number of piperazine rings is 1. The minimum Gasteiger partial charge on any atom is -0.494 e. The van der Waals surface area contributed by atoms with Crippen LogP contribution in [0.1, 0.15) is 6.42 Å². The molecule has 0 spiro atoms. The summed E-state index contributed by atoms with van der Waals surface area (Å²) in [6, 6.07) is 2.73. The van der Waals surface area contributed by atoms with Crippen molar-refractivity contribution >= 4 is 22.7 Å². The van der Waals surface area contributed by atoms with Gasteiger partial charge in [-0.1, -0.05) is 0 Å². The van der Waals surface area contributed by atoms with Crippen molar-refractivity contribution in [1.29, 1.82) is 0 Å². The highest BCUT2D eigenvalue weighted by Gasteiger charge is 2.24. The third-order valence-electron chi connectivity index (χ3n) is 6.90. The molecule has 0 bridgehead atoms. The average Bonchev–Trinajstić information content (AvgIpc) is 3.43. The predicted octanol–water partition coefficient (Wildman–Crippen LogP) is 3.44. The molecule has 10 nitrogen and oxygen atoms in total. The second kappa shape index (κ2) is 11.6. The largest absolute Gasteiger partial charge is 0.494 e. The van der Waals surface area contributed by atoms with Crippen molar-refractivity contribution in [3.05, 3.63) is 35.3 Å². The number of fused-ring (bicyclic) bond motifs is 1. The fourth-order valence-corrected chi connectivity index (χ4v) is 4.65. The zero-order valence-corrected chi connectivity index (χ0v) is 21.8. The molecule has 1 atom stereocenters. The van der Waals surface area contributed by atoms with Crippen LogP contribution in [-0.2, 0) is 4.74 Å². The quantitative estimate of drug-likeness (QED) is 0.448. The number of rotatable bonds is 9. The van der Waals surface area contributed by atoms with E-state index in [1.54, 1.807) is 12.3 Å². The molecular formula is C26H32F2N7O3-. The van der Waals surface area contributed by atoms with Gasteiger partial charge in [0.1, 0.15) is 5.82 Å². The van der Waals surface area contributed by atoms with Gasteiger partial charge in [-0.25, -0.2) is 13.8 Å². The average molecular weight is 529 g/mol. The Morgan fingerprint density at radius 1 is 1.08 bits per heavy atom. The van der Waals surface area contributed by atoms with Crippen molar-refractivity contribution in [3.8, 4) is 22.8 Å². The number of anilines is 1. The van der Waals surface area contributed by atoms with Crippen molar-refractivity contribution in [2.75, 3.05) is 79.1 Å². The molecule has 12 heteroatoms. The summed E-state index contributed by atoms with van der Waals surface area (Å²) in [5.74, 6) is -1.30. The van der Waals surface area contributed by atoms with Gasteiger partial charge < -0.3 is 39.7 Å². The summed E-state index contributed by atoms with van der Waals surface area (Å²) in [6.45, 7) is 6.53. The van der Waals surface area contributed by atoms with Crippen LogP contribution in [0.25, 0.3) is 27.5 Å². The summed E-state index contributed by atoms with van der Waals surface area (Å²) in [7, 11) is 4.74. The number of pyridine rings is 1. The number of likely N-dealkylation sites (N-methyl/N-ethyl adjacent to an activating group) is 1. The maximum atomic E-state index is 15.3. The van der Waals surface area contributed by atoms with E-state index in [4.69, 9.17) is 14.2 Å². The molecule has 2 aliphatic rings. The number of ether oxygens (including phenoxy) is 3. The standard InChI is InChI=1S/C26H32F2N7O3/c1-34-7-9-35(10-8-34)6-5-29-25-24-16(14-30-26(33-24)31-17-4-11-38-15-17)12-18(32-25)21-22(27)19(36-2)13-20(37-3)23(21)28/h12-14,17H,4-11,15H2,1-3H3,(H-,29,30,31,32,33)/q-1. The molecule has 1 unspecified atom stereocenters. The van der Waals surface area contributed by atoms with E-state index in [-0.39, 0.29) is 28.8 Å². The Bertz CT molecular complexity index is 1250. The highest BCUT2D eigenvalue weighted by Crippen LogP contribution is 2.39. The summed E-state index contributed by atoms with van der Waals surface area (Å²) in [4.78, 5) is 18.3. The molecule has 5 rings (SSSR count). The SMILES string of the molecule is COc1cc(OC)c(F)c(-c2cc3cnc([N-]C4CCOC4)nc3c(NCCN3CCN(C)CC3)n2)c1F. The zero-order valence-electron chi connectivity index (χ0n) is 21.8. The first kappa shape index (κ1) is 26.3. The third-order valence-corrected chi connectivity index (χ3v) is 6.90. The van der Waals surface area contributed by atoms with Crippen molar-refractivity contribution in [2.24, 2.45) is 0 Å². The van der Waals surface area contributed by atoms with Crippen LogP contribution in [0.15, 0.2) is 18.3 Å². The molecule has 2 aliphatic heterocycles. The van der Waals surface area contributed by atoms with E-state index in [9.17, 15) is 0 Å².